The molecule has 15 rings (SSSR count). The third-order valence-corrected chi connectivity index (χ3v) is 23.4. The van der Waals surface area contributed by atoms with Gasteiger partial charge in [0.05, 0.1) is 47.9 Å². The first kappa shape index (κ1) is 97.1. The lowest BCUT2D eigenvalue weighted by molar-refractivity contribution is -0.352. The highest BCUT2D eigenvalue weighted by atomic mass is 35.5. The molecule has 704 valence electrons. The number of likely N-dealkylation sites (N-methyl/N-ethyl adjacent to an activating group) is 1. The van der Waals surface area contributed by atoms with Crippen LogP contribution in [0.4, 0.5) is 18.9 Å². The van der Waals surface area contributed by atoms with Crippen molar-refractivity contribution in [2.24, 2.45) is 11.7 Å². The Labute approximate surface area is 752 Å². The minimum atomic E-state index is -5.00. The van der Waals surface area contributed by atoms with Gasteiger partial charge in [-0.15, -0.1) is 13.2 Å². The molecule has 0 spiro atoms. The molecule has 3 unspecified atom stereocenters. The van der Waals surface area contributed by atoms with Crippen LogP contribution in [-0.2, 0) is 63.8 Å². The van der Waals surface area contributed by atoms with Gasteiger partial charge in [0.15, 0.2) is 30.3 Å². The van der Waals surface area contributed by atoms with E-state index in [1.54, 1.807) is 39.0 Å². The zero-order valence-corrected chi connectivity index (χ0v) is 71.4. The van der Waals surface area contributed by atoms with Crippen LogP contribution in [0.3, 0.4) is 0 Å². The Hall–Kier alpha value is -11.4. The summed E-state index contributed by atoms with van der Waals surface area (Å²) < 4.78 is 93.6. The highest BCUT2D eigenvalue weighted by Gasteiger charge is 2.54. The molecule has 8 heterocycles. The standard InChI is InChI=1S/C86H95Cl2F3N10O30/c1-33(2)19-48(93-5)77(117)99-63-65(108)38-12-17-52(46(87)22-38)124-54-24-40-25-55(72(54)129-84-70(113)68(111)73(57(32-103)127-84)130-83-69(112)67(110)66(109)56(31-102)126-83)125-53-18-13-39(23-47(53)88)71(128-59-29-85(4,74(114)34(3)123-59)94-30-35-7-6-8-41(20-35)95-75(115)36-9-14-43(15-10-36)131-86(89,90)91)64-82(122)101-76(116)45-26-42(104)27-51(106)60(45)44-21-37(11-16-50(44)105)61(79(119)100-64)98-80(120)62(40)97-78(118)49(28-58(92)107)96-81(63)121/h6-18,20-27,33-34,48-49,56-57,59,61-71,73-74,76,83-84,93-94,102-106,108-114,116H,19,28-32H2,1-5H3,(H2,92,107)(H,95,115)(H,96,121)(H,97,118)(H,98,120)(H,99,117)(H,100,119)(H,101,122)/t34-,48+,49?,56+,57+,59-,61?,62+,63?,64-,65+,66-,67-,68+,69+,70+,71+,73+,74-,76-,83-,84-,85-/m0/s1. The van der Waals surface area contributed by atoms with E-state index in [0.29, 0.717) is 5.56 Å². The molecule has 7 aromatic rings. The summed E-state index contributed by atoms with van der Waals surface area (Å²) in [5.74, 6) is -16.2. The monoisotopic (exact) mass is 1870 g/mol. The highest BCUT2D eigenvalue weighted by molar-refractivity contribution is 6.32. The second-order valence-electron chi connectivity index (χ2n) is 32.6. The van der Waals surface area contributed by atoms with Crippen molar-refractivity contribution in [3.63, 3.8) is 0 Å². The van der Waals surface area contributed by atoms with Crippen LogP contribution >= 0.6 is 23.2 Å². The summed E-state index contributed by atoms with van der Waals surface area (Å²) in [4.78, 5) is 120. The lowest BCUT2D eigenvalue weighted by atomic mass is 9.84. The number of hydrogen-bond acceptors (Lipinski definition) is 32. The van der Waals surface area contributed by atoms with Crippen molar-refractivity contribution in [3.05, 3.63) is 176 Å². The number of nitrogens with two attached hydrogens (primary N) is 1. The molecule has 3 saturated heterocycles. The second-order valence-corrected chi connectivity index (χ2v) is 33.5. The van der Waals surface area contributed by atoms with E-state index >= 15 is 24.0 Å². The van der Waals surface area contributed by atoms with E-state index in [4.69, 9.17) is 66.8 Å². The van der Waals surface area contributed by atoms with Gasteiger partial charge in [0.1, 0.15) is 126 Å². The number of nitrogens with one attached hydrogen (secondary N) is 9. The van der Waals surface area contributed by atoms with E-state index in [9.17, 15) is 93.9 Å². The number of amides is 8. The maximum absolute atomic E-state index is 16.5. The Morgan fingerprint density at radius 1 is 0.641 bits per heavy atom. The van der Waals surface area contributed by atoms with E-state index < -0.39 is 297 Å². The first-order valence-corrected chi connectivity index (χ1v) is 41.7. The molecule has 11 bridgehead atoms. The Bertz CT molecular complexity index is 5440. The summed E-state index contributed by atoms with van der Waals surface area (Å²) in [7, 11) is 1.45. The van der Waals surface area contributed by atoms with Gasteiger partial charge < -0.3 is 163 Å². The van der Waals surface area contributed by atoms with Crippen LogP contribution in [0.25, 0.3) is 11.1 Å². The Balaban J connectivity index is 0.972. The van der Waals surface area contributed by atoms with E-state index in [1.165, 1.54) is 32.2 Å². The molecule has 24 N–H and O–H groups in total. The lowest BCUT2D eigenvalue weighted by Crippen LogP contribution is -2.65. The molecular weight excluding hydrogens is 1780 g/mol. The summed E-state index contributed by atoms with van der Waals surface area (Å²) in [5.41, 5.74) is 2.16. The number of ether oxygens (including phenoxy) is 9. The number of anilines is 1. The van der Waals surface area contributed by atoms with E-state index in [2.05, 4.69) is 52.6 Å². The second kappa shape index (κ2) is 40.4. The van der Waals surface area contributed by atoms with E-state index in [1.807, 2.05) is 0 Å². The fourth-order valence-corrected chi connectivity index (χ4v) is 16.4. The average Bonchev–Trinajstić information content (AvgIpc) is 0.764. The first-order valence-electron chi connectivity index (χ1n) is 40.9. The number of carbonyl (C=O) groups excluding carboxylic acids is 8. The third-order valence-electron chi connectivity index (χ3n) is 22.8. The van der Waals surface area contributed by atoms with Crippen LogP contribution < -0.4 is 72.5 Å². The van der Waals surface area contributed by atoms with Gasteiger partial charge in [0, 0.05) is 52.5 Å². The number of carbonyl (C=O) groups is 8. The van der Waals surface area contributed by atoms with Gasteiger partial charge in [-0.05, 0) is 152 Å². The van der Waals surface area contributed by atoms with Crippen LogP contribution in [0.15, 0.2) is 127 Å². The van der Waals surface area contributed by atoms with Crippen LogP contribution in [0.5, 0.6) is 51.7 Å². The number of halogens is 5. The topological polar surface area (TPSA) is 617 Å². The van der Waals surface area contributed by atoms with Crippen molar-refractivity contribution in [3.8, 4) is 62.9 Å². The average molecular weight is 1880 g/mol. The number of benzene rings is 7. The Kier molecular flexibility index (Phi) is 29.9. The van der Waals surface area contributed by atoms with Gasteiger partial charge >= 0.3 is 6.36 Å². The van der Waals surface area contributed by atoms with Crippen LogP contribution in [0.2, 0.25) is 10.0 Å². The molecule has 0 radical (unpaired) electrons. The molecule has 0 aliphatic carbocycles. The van der Waals surface area contributed by atoms with Crippen LogP contribution in [0.1, 0.15) is 121 Å². The fourth-order valence-electron chi connectivity index (χ4n) is 16.0. The Morgan fingerprint density at radius 2 is 1.27 bits per heavy atom. The molecule has 7 aromatic carbocycles. The molecule has 0 aromatic heterocycles. The van der Waals surface area contributed by atoms with E-state index in [0.717, 1.165) is 91.0 Å². The molecule has 8 aliphatic rings. The van der Waals surface area contributed by atoms with Crippen molar-refractivity contribution in [2.75, 3.05) is 25.6 Å². The molecule has 131 heavy (non-hydrogen) atoms. The summed E-state index contributed by atoms with van der Waals surface area (Å²) in [6.07, 6.45) is -37.6. The zero-order chi connectivity index (χ0) is 94.8. The van der Waals surface area contributed by atoms with Crippen molar-refractivity contribution >= 4 is 76.1 Å². The van der Waals surface area contributed by atoms with E-state index in [-0.39, 0.29) is 53.2 Å². The number of primary amides is 1. The lowest BCUT2D eigenvalue weighted by Gasteiger charge is -2.47. The van der Waals surface area contributed by atoms with Gasteiger partial charge in [-0.3, -0.25) is 38.4 Å². The fraction of sp³-hybridized carbons (Fsp3) is 0.419. The van der Waals surface area contributed by atoms with Gasteiger partial charge in [0.2, 0.25) is 53.4 Å². The predicted octanol–water partition coefficient (Wildman–Crippen LogP) is 1.78. The van der Waals surface area contributed by atoms with Crippen LogP contribution in [-0.4, -0.2) is 250 Å². The molecule has 8 amide bonds. The van der Waals surface area contributed by atoms with Crippen molar-refractivity contribution in [1.82, 2.24) is 42.5 Å². The van der Waals surface area contributed by atoms with Gasteiger partial charge in [-0.2, -0.15) is 0 Å². The zero-order valence-electron chi connectivity index (χ0n) is 69.9. The number of aromatic hydroxyl groups is 3. The molecule has 0 saturated carbocycles. The summed E-state index contributed by atoms with van der Waals surface area (Å²) in [5, 5.41) is 172. The number of rotatable bonds is 21. The highest BCUT2D eigenvalue weighted by Crippen LogP contribution is 2.51. The number of alkyl halides is 3. The minimum Gasteiger partial charge on any atom is -0.508 e. The van der Waals surface area contributed by atoms with Gasteiger partial charge in [-0.25, -0.2) is 0 Å². The summed E-state index contributed by atoms with van der Waals surface area (Å²) in [6.45, 7) is 4.46. The Morgan fingerprint density at radius 3 is 1.91 bits per heavy atom. The number of aliphatic hydroxyl groups excluding tert-OH is 10. The number of aliphatic hydroxyl groups is 10. The quantitative estimate of drug-likeness (QED) is 0.0487. The molecule has 40 nitrogen and oxygen atoms in total. The molecule has 23 atom stereocenters. The summed E-state index contributed by atoms with van der Waals surface area (Å²) in [6, 6.07) is 11.7. The van der Waals surface area contributed by atoms with Crippen molar-refractivity contribution in [2.45, 2.75) is 200 Å². The van der Waals surface area contributed by atoms with Crippen molar-refractivity contribution in [1.29, 1.82) is 0 Å². The van der Waals surface area contributed by atoms with Gasteiger partial charge in [0.25, 0.3) is 5.91 Å². The number of fused-ring (bicyclic) bond motifs is 15. The third kappa shape index (κ3) is 21.9. The minimum absolute atomic E-state index is 0.0351. The molecule has 8 aliphatic heterocycles. The smallest absolute Gasteiger partial charge is 0.508 e. The SMILES string of the molecule is CN[C@H](CC(C)C)C(=O)NC1C(=O)NC(CC(N)=O)C(=O)N[C@H]2C(=O)NC3C(=O)N[C@H](C(=O)N[C@@H](O)c4cc(O)cc(O)c4-c4cc3ccc4O)[C@H](O[C@H]3C[C@](C)(NCc4cccc(NC(=O)c5ccc(OC(F)(F)F)cc5)c4)[C@@H](O)[C@H](C)O3)c3ccc(c(Cl)c3)Oc3cc2cc(c3O[C@@H]2O[C@H](CO)[C@@H](O[C@@H]3O[C@H](CO)[C@H](O)[C@H](O)[C@H]3O)[C@H](O)[C@H]2O)Oc2ccc(cc2Cl)[C@H]1O. The molecular formula is C86H95Cl2F3N10O30. The molecule has 45 heteroatoms. The first-order chi connectivity index (χ1) is 62.0. The normalized spacial score (nSPS) is 29.0. The maximum atomic E-state index is 16.5. The van der Waals surface area contributed by atoms with Crippen LogP contribution in [0, 0.1) is 5.92 Å². The van der Waals surface area contributed by atoms with Gasteiger partial charge in [-0.1, -0.05) is 67.4 Å². The number of phenolic OH excluding ortho intramolecular Hbond substituents is 3. The predicted molar refractivity (Wildman–Crippen MR) is 447 cm³/mol. The van der Waals surface area contributed by atoms with Crippen molar-refractivity contribution < 1.29 is 161 Å². The number of hydrogen-bond donors (Lipinski definition) is 23. The number of phenols is 3. The maximum Gasteiger partial charge on any atom is 0.573 e. The largest absolute Gasteiger partial charge is 0.573 e. The summed E-state index contributed by atoms with van der Waals surface area (Å²) >= 11 is 14.5. The molecule has 3 fully saturated rings.